The van der Waals surface area contributed by atoms with Crippen molar-refractivity contribution in [1.82, 2.24) is 10.6 Å². The van der Waals surface area contributed by atoms with Gasteiger partial charge in [-0.25, -0.2) is 0 Å². The number of aliphatic imine (C=N–C) groups is 1. The van der Waals surface area contributed by atoms with Crippen LogP contribution in [0.5, 0.6) is 0 Å². The van der Waals surface area contributed by atoms with Crippen LogP contribution in [0.2, 0.25) is 5.02 Å². The largest absolute Gasteiger partial charge is 0.382 e. The van der Waals surface area contributed by atoms with E-state index in [0.717, 1.165) is 43.5 Å². The van der Waals surface area contributed by atoms with Crippen molar-refractivity contribution in [2.45, 2.75) is 12.8 Å². The van der Waals surface area contributed by atoms with Crippen LogP contribution in [0.4, 0.5) is 0 Å². The van der Waals surface area contributed by atoms with Crippen LogP contribution in [0.1, 0.15) is 12.0 Å². The molecule has 0 aliphatic heterocycles. The lowest BCUT2D eigenvalue weighted by atomic mass is 10.1. The van der Waals surface area contributed by atoms with Gasteiger partial charge in [0.05, 0.1) is 13.2 Å². The van der Waals surface area contributed by atoms with E-state index >= 15 is 0 Å². The summed E-state index contributed by atoms with van der Waals surface area (Å²) >= 11 is 5.97. The third-order valence-corrected chi connectivity index (χ3v) is 3.24. The molecule has 0 atom stereocenters. The highest BCUT2D eigenvalue weighted by Crippen LogP contribution is 2.10. The molecule has 0 bridgehead atoms. The van der Waals surface area contributed by atoms with Crippen molar-refractivity contribution in [3.8, 4) is 0 Å². The third-order valence-electron chi connectivity index (χ3n) is 3.01. The van der Waals surface area contributed by atoms with Gasteiger partial charge >= 0.3 is 0 Å². The van der Waals surface area contributed by atoms with Crippen LogP contribution in [0, 0.1) is 0 Å². The first-order valence-corrected chi connectivity index (χ1v) is 7.89. The third kappa shape index (κ3) is 8.87. The molecule has 22 heavy (non-hydrogen) atoms. The fraction of sp³-hybridized carbons (Fsp3) is 0.562. The minimum atomic E-state index is 0.639. The van der Waals surface area contributed by atoms with Gasteiger partial charge in [-0.15, -0.1) is 0 Å². The second kappa shape index (κ2) is 12.3. The minimum Gasteiger partial charge on any atom is -0.382 e. The summed E-state index contributed by atoms with van der Waals surface area (Å²) in [6.07, 6.45) is 1.83. The summed E-state index contributed by atoms with van der Waals surface area (Å²) in [5.41, 5.74) is 1.21. The lowest BCUT2D eigenvalue weighted by Gasteiger charge is -2.12. The number of hydrogen-bond acceptors (Lipinski definition) is 3. The summed E-state index contributed by atoms with van der Waals surface area (Å²) in [4.78, 5) is 4.19. The quantitative estimate of drug-likeness (QED) is 0.392. The van der Waals surface area contributed by atoms with Crippen LogP contribution in [0.3, 0.4) is 0 Å². The second-order valence-electron chi connectivity index (χ2n) is 4.76. The molecule has 2 N–H and O–H groups in total. The van der Waals surface area contributed by atoms with Gasteiger partial charge in [0.25, 0.3) is 0 Å². The van der Waals surface area contributed by atoms with Gasteiger partial charge in [-0.1, -0.05) is 23.7 Å². The Morgan fingerprint density at radius 2 is 2.00 bits per heavy atom. The SMILES string of the molecule is CN=C(NCCCOCCOC)NCCc1cccc(Cl)c1. The van der Waals surface area contributed by atoms with Crippen LogP contribution in [0.25, 0.3) is 0 Å². The molecule has 124 valence electrons. The average molecular weight is 328 g/mol. The predicted molar refractivity (Wildman–Crippen MR) is 91.8 cm³/mol. The maximum Gasteiger partial charge on any atom is 0.190 e. The number of halogens is 1. The molecule has 0 aliphatic rings. The van der Waals surface area contributed by atoms with E-state index in [0.29, 0.717) is 13.2 Å². The Labute approximate surface area is 138 Å². The summed E-state index contributed by atoms with van der Waals surface area (Å²) in [5, 5.41) is 7.31. The zero-order chi connectivity index (χ0) is 16.0. The molecule has 1 aromatic rings. The summed E-state index contributed by atoms with van der Waals surface area (Å²) in [5.74, 6) is 0.805. The summed E-state index contributed by atoms with van der Waals surface area (Å²) in [6, 6.07) is 7.90. The van der Waals surface area contributed by atoms with E-state index in [2.05, 4.69) is 21.7 Å². The number of ether oxygens (including phenoxy) is 2. The monoisotopic (exact) mass is 327 g/mol. The van der Waals surface area contributed by atoms with Crippen LogP contribution in [-0.4, -0.2) is 53.0 Å². The number of nitrogens with one attached hydrogen (secondary N) is 2. The lowest BCUT2D eigenvalue weighted by molar-refractivity contribution is 0.0698. The number of guanidine groups is 1. The highest BCUT2D eigenvalue weighted by Gasteiger charge is 1.98. The molecule has 0 aromatic heterocycles. The molecule has 0 saturated carbocycles. The van der Waals surface area contributed by atoms with E-state index in [4.69, 9.17) is 21.1 Å². The Bertz CT molecular complexity index is 441. The van der Waals surface area contributed by atoms with Crippen molar-refractivity contribution in [2.75, 3.05) is 47.1 Å². The van der Waals surface area contributed by atoms with Crippen LogP contribution >= 0.6 is 11.6 Å². The highest BCUT2D eigenvalue weighted by atomic mass is 35.5. The minimum absolute atomic E-state index is 0.639. The topological polar surface area (TPSA) is 54.9 Å². The van der Waals surface area contributed by atoms with Crippen molar-refractivity contribution in [1.29, 1.82) is 0 Å². The Morgan fingerprint density at radius 1 is 1.18 bits per heavy atom. The first kappa shape index (κ1) is 18.7. The predicted octanol–water partition coefficient (Wildman–Crippen LogP) is 2.10. The molecule has 0 aliphatic carbocycles. The molecule has 0 heterocycles. The molecule has 1 aromatic carbocycles. The molecule has 0 unspecified atom stereocenters. The second-order valence-corrected chi connectivity index (χ2v) is 5.20. The van der Waals surface area contributed by atoms with Gasteiger partial charge in [-0.3, -0.25) is 4.99 Å². The summed E-state index contributed by atoms with van der Waals surface area (Å²) in [7, 11) is 3.44. The zero-order valence-electron chi connectivity index (χ0n) is 13.4. The first-order chi connectivity index (χ1) is 10.8. The van der Waals surface area contributed by atoms with E-state index in [1.54, 1.807) is 14.2 Å². The van der Waals surface area contributed by atoms with Gasteiger partial charge < -0.3 is 20.1 Å². The number of benzene rings is 1. The van der Waals surface area contributed by atoms with E-state index < -0.39 is 0 Å². The van der Waals surface area contributed by atoms with Crippen molar-refractivity contribution < 1.29 is 9.47 Å². The Morgan fingerprint density at radius 3 is 2.73 bits per heavy atom. The van der Waals surface area contributed by atoms with Gasteiger partial charge in [-0.05, 0) is 30.5 Å². The van der Waals surface area contributed by atoms with E-state index in [1.807, 2.05) is 18.2 Å². The standard InChI is InChI=1S/C16H26ClN3O2/c1-18-16(19-8-4-10-22-12-11-21-2)20-9-7-14-5-3-6-15(17)13-14/h3,5-6,13H,4,7-12H2,1-2H3,(H2,18,19,20). The lowest BCUT2D eigenvalue weighted by Crippen LogP contribution is -2.39. The summed E-state index contributed by atoms with van der Waals surface area (Å²) < 4.78 is 10.3. The smallest absolute Gasteiger partial charge is 0.190 e. The van der Waals surface area contributed by atoms with Gasteiger partial charge in [-0.2, -0.15) is 0 Å². The fourth-order valence-corrected chi connectivity index (χ4v) is 2.08. The normalized spacial score (nSPS) is 11.5. The number of rotatable bonds is 10. The molecule has 0 saturated heterocycles. The maximum atomic E-state index is 5.97. The zero-order valence-corrected chi connectivity index (χ0v) is 14.2. The number of nitrogens with zero attached hydrogens (tertiary/aromatic N) is 1. The van der Waals surface area contributed by atoms with Crippen molar-refractivity contribution in [3.63, 3.8) is 0 Å². The Hall–Kier alpha value is -1.30. The molecule has 0 spiro atoms. The molecular weight excluding hydrogens is 302 g/mol. The molecule has 1 rings (SSSR count). The fourth-order valence-electron chi connectivity index (χ4n) is 1.86. The molecule has 0 fully saturated rings. The number of methoxy groups -OCH3 is 1. The molecular formula is C16H26ClN3O2. The van der Waals surface area contributed by atoms with E-state index in [1.165, 1.54) is 5.56 Å². The van der Waals surface area contributed by atoms with Crippen LogP contribution in [0.15, 0.2) is 29.3 Å². The molecule has 0 amide bonds. The van der Waals surface area contributed by atoms with Crippen LogP contribution in [-0.2, 0) is 15.9 Å². The maximum absolute atomic E-state index is 5.97. The van der Waals surface area contributed by atoms with Gasteiger partial charge in [0, 0.05) is 38.9 Å². The van der Waals surface area contributed by atoms with Gasteiger partial charge in [0.1, 0.15) is 0 Å². The van der Waals surface area contributed by atoms with Gasteiger partial charge in [0.2, 0.25) is 0 Å². The molecule has 0 radical (unpaired) electrons. The highest BCUT2D eigenvalue weighted by molar-refractivity contribution is 6.30. The Kier molecular flexibility index (Phi) is 10.5. The van der Waals surface area contributed by atoms with Crippen LogP contribution < -0.4 is 10.6 Å². The van der Waals surface area contributed by atoms with Crippen molar-refractivity contribution in [3.05, 3.63) is 34.9 Å². The molecule has 5 nitrogen and oxygen atoms in total. The first-order valence-electron chi connectivity index (χ1n) is 7.52. The summed E-state index contributed by atoms with van der Waals surface area (Å²) in [6.45, 7) is 3.63. The van der Waals surface area contributed by atoms with Crippen molar-refractivity contribution >= 4 is 17.6 Å². The number of hydrogen-bond donors (Lipinski definition) is 2. The van der Waals surface area contributed by atoms with Crippen molar-refractivity contribution in [2.24, 2.45) is 4.99 Å². The average Bonchev–Trinajstić information content (AvgIpc) is 2.52. The van der Waals surface area contributed by atoms with E-state index in [-0.39, 0.29) is 0 Å². The van der Waals surface area contributed by atoms with Gasteiger partial charge in [0.15, 0.2) is 5.96 Å². The van der Waals surface area contributed by atoms with E-state index in [9.17, 15) is 0 Å². The molecule has 6 heteroatoms. The Balaban J connectivity index is 2.10.